The summed E-state index contributed by atoms with van der Waals surface area (Å²) in [7, 11) is 1.60. The van der Waals surface area contributed by atoms with Gasteiger partial charge in [0.05, 0.1) is 0 Å². The van der Waals surface area contributed by atoms with Crippen molar-refractivity contribution >= 4 is 11.8 Å². The zero-order valence-corrected chi connectivity index (χ0v) is 14.5. The number of nitrogens with zero attached hydrogens (tertiary/aromatic N) is 2. The zero-order chi connectivity index (χ0) is 16.9. The summed E-state index contributed by atoms with van der Waals surface area (Å²) in [6.07, 6.45) is 4.52. The van der Waals surface area contributed by atoms with Crippen LogP contribution in [0, 0.1) is 0 Å². The molecule has 0 saturated carbocycles. The second kappa shape index (κ2) is 7.71. The summed E-state index contributed by atoms with van der Waals surface area (Å²) in [5, 5.41) is 2.55. The number of hydrogen-bond acceptors (Lipinski definition) is 4. The Morgan fingerprint density at radius 2 is 2.17 bits per heavy atom. The molecule has 1 aromatic carbocycles. The molecule has 1 fully saturated rings. The summed E-state index contributed by atoms with van der Waals surface area (Å²) in [6, 6.07) is 6.65. The fraction of sp³-hybridized carbons (Fsp3) is 0.526. The molecule has 1 unspecified atom stereocenters. The van der Waals surface area contributed by atoms with Crippen LogP contribution in [-0.2, 0) is 11.2 Å². The quantitative estimate of drug-likeness (QED) is 0.863. The number of anilines is 1. The topological polar surface area (TPSA) is 44.8 Å². The smallest absolute Gasteiger partial charge is 0.407 e. The summed E-state index contributed by atoms with van der Waals surface area (Å²) in [5.74, 6) is 0. The van der Waals surface area contributed by atoms with Gasteiger partial charge in [-0.15, -0.1) is 6.58 Å². The van der Waals surface area contributed by atoms with Crippen LogP contribution in [0.3, 0.4) is 0 Å². The Kier molecular flexibility index (Phi) is 5.41. The molecule has 24 heavy (non-hydrogen) atoms. The van der Waals surface area contributed by atoms with Crippen LogP contribution in [0.2, 0.25) is 0 Å². The minimum Gasteiger partial charge on any atom is -0.441 e. The third kappa shape index (κ3) is 3.73. The van der Waals surface area contributed by atoms with E-state index in [1.54, 1.807) is 7.05 Å². The predicted octanol–water partition coefficient (Wildman–Crippen LogP) is 2.73. The van der Waals surface area contributed by atoms with Gasteiger partial charge >= 0.3 is 6.09 Å². The van der Waals surface area contributed by atoms with E-state index in [0.717, 1.165) is 52.0 Å². The standard InChI is InChI=1S/C19H27N3O2/c1-3-9-21-10-12-22(13-11-21)16-8-7-15-5-4-6-18(17(15)14-16)24-19(23)20-2/h3,7-8,14,18H,1,4-6,9-13H2,2H3,(H,20,23). The maximum Gasteiger partial charge on any atom is 0.407 e. The number of piperazine rings is 1. The van der Waals surface area contributed by atoms with Crippen molar-refractivity contribution in [2.75, 3.05) is 44.7 Å². The average molecular weight is 329 g/mol. The SMILES string of the molecule is C=CCN1CCN(c2ccc3c(c2)C(OC(=O)NC)CCC3)CC1. The van der Waals surface area contributed by atoms with Gasteiger partial charge in [0.25, 0.3) is 0 Å². The maximum atomic E-state index is 11.6. The van der Waals surface area contributed by atoms with E-state index in [0.29, 0.717) is 0 Å². The summed E-state index contributed by atoms with van der Waals surface area (Å²) in [4.78, 5) is 16.5. The minimum absolute atomic E-state index is 0.129. The Hall–Kier alpha value is -2.01. The van der Waals surface area contributed by atoms with Crippen LogP contribution in [0.15, 0.2) is 30.9 Å². The monoisotopic (exact) mass is 329 g/mol. The van der Waals surface area contributed by atoms with E-state index in [1.807, 2.05) is 6.08 Å². The molecule has 1 amide bonds. The first kappa shape index (κ1) is 16.8. The lowest BCUT2D eigenvalue weighted by molar-refractivity contribution is 0.0892. The number of carbonyl (C=O) groups excluding carboxylic acids is 1. The Balaban J connectivity index is 1.73. The van der Waals surface area contributed by atoms with Crippen LogP contribution < -0.4 is 10.2 Å². The van der Waals surface area contributed by atoms with Gasteiger partial charge < -0.3 is 15.0 Å². The number of fused-ring (bicyclic) bond motifs is 1. The summed E-state index contributed by atoms with van der Waals surface area (Å²) < 4.78 is 5.57. The molecule has 5 nitrogen and oxygen atoms in total. The highest BCUT2D eigenvalue weighted by Gasteiger charge is 2.25. The molecule has 0 spiro atoms. The van der Waals surface area contributed by atoms with Gasteiger partial charge in [-0.25, -0.2) is 4.79 Å². The number of amides is 1. The van der Waals surface area contributed by atoms with Crippen LogP contribution in [0.4, 0.5) is 10.5 Å². The number of ether oxygens (including phenoxy) is 1. The fourth-order valence-electron chi connectivity index (χ4n) is 3.62. The number of benzene rings is 1. The van der Waals surface area contributed by atoms with E-state index in [2.05, 4.69) is 39.9 Å². The van der Waals surface area contributed by atoms with E-state index in [1.165, 1.54) is 16.8 Å². The van der Waals surface area contributed by atoms with Gasteiger partial charge in [0.1, 0.15) is 6.10 Å². The number of carbonyl (C=O) groups is 1. The largest absolute Gasteiger partial charge is 0.441 e. The van der Waals surface area contributed by atoms with Crippen molar-refractivity contribution < 1.29 is 9.53 Å². The van der Waals surface area contributed by atoms with Crippen LogP contribution in [0.25, 0.3) is 0 Å². The molecular weight excluding hydrogens is 302 g/mol. The summed E-state index contributed by atoms with van der Waals surface area (Å²) >= 11 is 0. The Bertz CT molecular complexity index is 594. The van der Waals surface area contributed by atoms with Crippen LogP contribution in [-0.4, -0.2) is 50.8 Å². The first-order valence-corrected chi connectivity index (χ1v) is 8.80. The molecule has 3 rings (SSSR count). The van der Waals surface area contributed by atoms with Crippen LogP contribution in [0.1, 0.15) is 30.1 Å². The second-order valence-electron chi connectivity index (χ2n) is 6.50. The summed E-state index contributed by atoms with van der Waals surface area (Å²) in [5.41, 5.74) is 3.72. The van der Waals surface area contributed by atoms with Gasteiger partial charge in [-0.3, -0.25) is 4.90 Å². The zero-order valence-electron chi connectivity index (χ0n) is 14.5. The number of nitrogens with one attached hydrogen (secondary N) is 1. The molecule has 1 atom stereocenters. The van der Waals surface area contributed by atoms with Crippen molar-refractivity contribution in [3.63, 3.8) is 0 Å². The molecule has 1 heterocycles. The Morgan fingerprint density at radius 3 is 2.88 bits per heavy atom. The number of hydrogen-bond donors (Lipinski definition) is 1. The molecule has 0 aromatic heterocycles. The van der Waals surface area contributed by atoms with Crippen molar-refractivity contribution in [1.29, 1.82) is 0 Å². The van der Waals surface area contributed by atoms with E-state index in [4.69, 9.17) is 4.74 Å². The van der Waals surface area contributed by atoms with Crippen molar-refractivity contribution in [2.45, 2.75) is 25.4 Å². The summed E-state index contributed by atoms with van der Waals surface area (Å²) in [6.45, 7) is 8.93. The van der Waals surface area contributed by atoms with E-state index in [9.17, 15) is 4.79 Å². The van der Waals surface area contributed by atoms with Crippen molar-refractivity contribution in [3.05, 3.63) is 42.0 Å². The third-order valence-electron chi connectivity index (χ3n) is 4.97. The van der Waals surface area contributed by atoms with Gasteiger partial charge in [-0.2, -0.15) is 0 Å². The lowest BCUT2D eigenvalue weighted by Crippen LogP contribution is -2.46. The van der Waals surface area contributed by atoms with E-state index < -0.39 is 0 Å². The van der Waals surface area contributed by atoms with Gasteiger partial charge in [0, 0.05) is 45.5 Å². The third-order valence-corrected chi connectivity index (χ3v) is 4.97. The molecular formula is C19H27N3O2. The fourth-order valence-corrected chi connectivity index (χ4v) is 3.62. The number of rotatable bonds is 4. The van der Waals surface area contributed by atoms with E-state index in [-0.39, 0.29) is 12.2 Å². The molecule has 130 valence electrons. The molecule has 1 saturated heterocycles. The Labute approximate surface area is 144 Å². The molecule has 1 N–H and O–H groups in total. The highest BCUT2D eigenvalue weighted by molar-refractivity contribution is 5.67. The molecule has 2 aliphatic rings. The van der Waals surface area contributed by atoms with Crippen molar-refractivity contribution in [1.82, 2.24) is 10.2 Å². The van der Waals surface area contributed by atoms with Gasteiger partial charge in [-0.05, 0) is 42.5 Å². The highest BCUT2D eigenvalue weighted by atomic mass is 16.6. The number of alkyl carbamates (subject to hydrolysis) is 1. The van der Waals surface area contributed by atoms with Gasteiger partial charge in [0.15, 0.2) is 0 Å². The minimum atomic E-state index is -0.351. The lowest BCUT2D eigenvalue weighted by Gasteiger charge is -2.36. The maximum absolute atomic E-state index is 11.6. The van der Waals surface area contributed by atoms with Gasteiger partial charge in [-0.1, -0.05) is 12.1 Å². The lowest BCUT2D eigenvalue weighted by atomic mass is 9.89. The average Bonchev–Trinajstić information content (AvgIpc) is 2.62. The highest BCUT2D eigenvalue weighted by Crippen LogP contribution is 2.35. The first-order valence-electron chi connectivity index (χ1n) is 8.80. The molecule has 0 radical (unpaired) electrons. The molecule has 1 aromatic rings. The van der Waals surface area contributed by atoms with Crippen molar-refractivity contribution in [3.8, 4) is 0 Å². The molecule has 5 heteroatoms. The molecule has 1 aliphatic carbocycles. The first-order chi connectivity index (χ1) is 11.7. The molecule has 1 aliphatic heterocycles. The predicted molar refractivity (Wildman–Crippen MR) is 96.5 cm³/mol. The van der Waals surface area contributed by atoms with Crippen molar-refractivity contribution in [2.24, 2.45) is 0 Å². The van der Waals surface area contributed by atoms with Gasteiger partial charge in [0.2, 0.25) is 0 Å². The van der Waals surface area contributed by atoms with Crippen LogP contribution in [0.5, 0.6) is 0 Å². The molecule has 0 bridgehead atoms. The number of aryl methyl sites for hydroxylation is 1. The second-order valence-corrected chi connectivity index (χ2v) is 6.50. The Morgan fingerprint density at radius 1 is 1.38 bits per heavy atom. The van der Waals surface area contributed by atoms with Crippen LogP contribution >= 0.6 is 0 Å². The van der Waals surface area contributed by atoms with E-state index >= 15 is 0 Å². The normalized spacial score (nSPS) is 21.0.